The molecule has 0 spiro atoms. The van der Waals surface area contributed by atoms with E-state index in [0.29, 0.717) is 13.1 Å². The number of carbonyl (C=O) groups excluding carboxylic acids is 1. The molecule has 134 valence electrons. The third-order valence-electron chi connectivity index (χ3n) is 4.84. The highest BCUT2D eigenvalue weighted by Gasteiger charge is 2.43. The molecule has 1 N–H and O–H groups in total. The second kappa shape index (κ2) is 7.80. The lowest BCUT2D eigenvalue weighted by Crippen LogP contribution is -2.61. The maximum Gasteiger partial charge on any atom is 0.327 e. The smallest absolute Gasteiger partial charge is 0.327 e. The van der Waals surface area contributed by atoms with E-state index in [1.54, 1.807) is 6.26 Å². The molecule has 6 nitrogen and oxygen atoms in total. The van der Waals surface area contributed by atoms with Crippen LogP contribution in [0, 0.1) is 6.92 Å². The van der Waals surface area contributed by atoms with E-state index in [0.717, 1.165) is 37.2 Å². The van der Waals surface area contributed by atoms with Crippen molar-refractivity contribution in [2.45, 2.75) is 38.4 Å². The number of carbonyl (C=O) groups is 1. The zero-order valence-electron chi connectivity index (χ0n) is 14.8. The van der Waals surface area contributed by atoms with Crippen molar-refractivity contribution in [2.75, 3.05) is 20.2 Å². The zero-order valence-corrected chi connectivity index (χ0v) is 14.8. The van der Waals surface area contributed by atoms with Gasteiger partial charge >= 0.3 is 5.97 Å². The number of ether oxygens (including phenoxy) is 1. The maximum atomic E-state index is 12.6. The van der Waals surface area contributed by atoms with E-state index in [-0.39, 0.29) is 5.97 Å². The Hall–Kier alpha value is -2.18. The Balaban J connectivity index is 1.72. The number of nitrogens with one attached hydrogen (secondary N) is 1. The summed E-state index contributed by atoms with van der Waals surface area (Å²) in [6.45, 7) is 4.84. The lowest BCUT2D eigenvalue weighted by Gasteiger charge is -2.41. The number of hydrogen-bond donors (Lipinski definition) is 1. The van der Waals surface area contributed by atoms with Crippen LogP contribution >= 0.6 is 0 Å². The SMILES string of the molecule is COC(=O)C1(NCc2nocc2C)CCCN(Cc2ccccc2)C1. The molecule has 0 amide bonds. The summed E-state index contributed by atoms with van der Waals surface area (Å²) in [5, 5.41) is 7.41. The second-order valence-corrected chi connectivity index (χ2v) is 6.67. The lowest BCUT2D eigenvalue weighted by atomic mass is 9.88. The van der Waals surface area contributed by atoms with Gasteiger partial charge in [0.15, 0.2) is 0 Å². The van der Waals surface area contributed by atoms with Crippen molar-refractivity contribution in [1.29, 1.82) is 0 Å². The monoisotopic (exact) mass is 343 g/mol. The standard InChI is InChI=1S/C19H25N3O3/c1-15-13-25-21-17(15)11-20-19(18(23)24-2)9-6-10-22(14-19)12-16-7-4-3-5-8-16/h3-5,7-8,13,20H,6,9-12,14H2,1-2H3. The van der Waals surface area contributed by atoms with Crippen LogP contribution in [0.2, 0.25) is 0 Å². The van der Waals surface area contributed by atoms with E-state index in [1.807, 2.05) is 25.1 Å². The Kier molecular flexibility index (Phi) is 5.50. The molecule has 0 saturated carbocycles. The molecule has 2 aromatic rings. The summed E-state index contributed by atoms with van der Waals surface area (Å²) in [6.07, 6.45) is 3.30. The molecule has 1 fully saturated rings. The van der Waals surface area contributed by atoms with Crippen LogP contribution in [0.3, 0.4) is 0 Å². The van der Waals surface area contributed by atoms with Gasteiger partial charge in [-0.3, -0.25) is 15.0 Å². The molecule has 1 saturated heterocycles. The van der Waals surface area contributed by atoms with Gasteiger partial charge in [0.2, 0.25) is 0 Å². The molecule has 0 aliphatic carbocycles. The summed E-state index contributed by atoms with van der Waals surface area (Å²) in [5.41, 5.74) is 2.33. The van der Waals surface area contributed by atoms with E-state index in [1.165, 1.54) is 12.7 Å². The highest BCUT2D eigenvalue weighted by Crippen LogP contribution is 2.25. The second-order valence-electron chi connectivity index (χ2n) is 6.67. The fourth-order valence-corrected chi connectivity index (χ4v) is 3.43. The molecule has 1 aromatic carbocycles. The minimum Gasteiger partial charge on any atom is -0.468 e. The van der Waals surface area contributed by atoms with E-state index < -0.39 is 5.54 Å². The van der Waals surface area contributed by atoms with Crippen LogP contribution in [-0.4, -0.2) is 41.8 Å². The third kappa shape index (κ3) is 4.08. The average molecular weight is 343 g/mol. The van der Waals surface area contributed by atoms with Crippen LogP contribution in [0.5, 0.6) is 0 Å². The Labute approximate surface area is 148 Å². The van der Waals surface area contributed by atoms with Crippen molar-refractivity contribution in [2.24, 2.45) is 0 Å². The van der Waals surface area contributed by atoms with Crippen LogP contribution in [0.4, 0.5) is 0 Å². The van der Waals surface area contributed by atoms with Crippen LogP contribution in [0.15, 0.2) is 41.1 Å². The number of esters is 1. The normalized spacial score (nSPS) is 21.2. The predicted octanol–water partition coefficient (Wildman–Crippen LogP) is 2.28. The minimum absolute atomic E-state index is 0.216. The molecule has 1 unspecified atom stereocenters. The fraction of sp³-hybridized carbons (Fsp3) is 0.474. The fourth-order valence-electron chi connectivity index (χ4n) is 3.43. The van der Waals surface area contributed by atoms with Gasteiger partial charge in [-0.15, -0.1) is 0 Å². The van der Waals surface area contributed by atoms with E-state index in [4.69, 9.17) is 9.26 Å². The molecule has 1 atom stereocenters. The van der Waals surface area contributed by atoms with E-state index >= 15 is 0 Å². The van der Waals surface area contributed by atoms with Gasteiger partial charge in [0.25, 0.3) is 0 Å². The van der Waals surface area contributed by atoms with Gasteiger partial charge in [0.05, 0.1) is 7.11 Å². The first-order valence-corrected chi connectivity index (χ1v) is 8.62. The summed E-state index contributed by atoms with van der Waals surface area (Å²) in [5.74, 6) is -0.216. The van der Waals surface area contributed by atoms with Gasteiger partial charge in [-0.2, -0.15) is 0 Å². The Morgan fingerprint density at radius 1 is 1.40 bits per heavy atom. The number of methoxy groups -OCH3 is 1. The molecule has 25 heavy (non-hydrogen) atoms. The van der Waals surface area contributed by atoms with Crippen molar-refractivity contribution in [3.8, 4) is 0 Å². The third-order valence-corrected chi connectivity index (χ3v) is 4.84. The van der Waals surface area contributed by atoms with Crippen molar-refractivity contribution < 1.29 is 14.1 Å². The first-order chi connectivity index (χ1) is 12.1. The first kappa shape index (κ1) is 17.6. The Bertz CT molecular complexity index is 701. The van der Waals surface area contributed by atoms with Crippen LogP contribution in [0.1, 0.15) is 29.7 Å². The van der Waals surface area contributed by atoms with Crippen molar-refractivity contribution in [3.05, 3.63) is 53.4 Å². The van der Waals surface area contributed by atoms with Crippen molar-refractivity contribution in [3.63, 3.8) is 0 Å². The summed E-state index contributed by atoms with van der Waals surface area (Å²) in [7, 11) is 1.45. The Morgan fingerprint density at radius 3 is 2.88 bits per heavy atom. The number of hydrogen-bond acceptors (Lipinski definition) is 6. The molecular weight excluding hydrogens is 318 g/mol. The minimum atomic E-state index is -0.715. The average Bonchev–Trinajstić information content (AvgIpc) is 3.05. The summed E-state index contributed by atoms with van der Waals surface area (Å²) in [4.78, 5) is 14.9. The number of aromatic nitrogens is 1. The predicted molar refractivity (Wildman–Crippen MR) is 93.8 cm³/mol. The topological polar surface area (TPSA) is 67.6 Å². The summed E-state index contributed by atoms with van der Waals surface area (Å²) >= 11 is 0. The molecule has 1 aliphatic rings. The maximum absolute atomic E-state index is 12.6. The molecule has 0 bridgehead atoms. The molecule has 0 radical (unpaired) electrons. The molecule has 1 aromatic heterocycles. The lowest BCUT2D eigenvalue weighted by molar-refractivity contribution is -0.151. The van der Waals surface area contributed by atoms with E-state index in [9.17, 15) is 4.79 Å². The molecule has 6 heteroatoms. The first-order valence-electron chi connectivity index (χ1n) is 8.62. The van der Waals surface area contributed by atoms with Gasteiger partial charge in [0, 0.05) is 25.2 Å². The molecular formula is C19H25N3O3. The van der Waals surface area contributed by atoms with Crippen LogP contribution < -0.4 is 5.32 Å². The number of benzene rings is 1. The molecule has 1 aliphatic heterocycles. The van der Waals surface area contributed by atoms with Crippen molar-refractivity contribution in [1.82, 2.24) is 15.4 Å². The number of rotatable bonds is 6. The number of piperidine rings is 1. The van der Waals surface area contributed by atoms with Gasteiger partial charge < -0.3 is 9.26 Å². The number of nitrogens with zero attached hydrogens (tertiary/aromatic N) is 2. The van der Waals surface area contributed by atoms with Gasteiger partial charge in [-0.1, -0.05) is 35.5 Å². The highest BCUT2D eigenvalue weighted by molar-refractivity contribution is 5.81. The molecule has 2 heterocycles. The quantitative estimate of drug-likeness (QED) is 0.812. The van der Waals surface area contributed by atoms with Gasteiger partial charge in [-0.25, -0.2) is 0 Å². The van der Waals surface area contributed by atoms with Crippen LogP contribution in [0.25, 0.3) is 0 Å². The highest BCUT2D eigenvalue weighted by atomic mass is 16.5. The largest absolute Gasteiger partial charge is 0.468 e. The Morgan fingerprint density at radius 2 is 2.20 bits per heavy atom. The van der Waals surface area contributed by atoms with Gasteiger partial charge in [0.1, 0.15) is 17.5 Å². The summed E-state index contributed by atoms with van der Waals surface area (Å²) < 4.78 is 10.1. The van der Waals surface area contributed by atoms with Crippen molar-refractivity contribution >= 4 is 5.97 Å². The molecule has 3 rings (SSSR count). The zero-order chi connectivity index (χ0) is 17.7. The van der Waals surface area contributed by atoms with Gasteiger partial charge in [-0.05, 0) is 31.9 Å². The number of likely N-dealkylation sites (tertiary alicyclic amines) is 1. The van der Waals surface area contributed by atoms with E-state index in [2.05, 4.69) is 27.5 Å². The summed E-state index contributed by atoms with van der Waals surface area (Å²) in [6, 6.07) is 10.3. The van der Waals surface area contributed by atoms with Crippen LogP contribution in [-0.2, 0) is 22.6 Å². The number of aryl methyl sites for hydroxylation is 1.